The van der Waals surface area contributed by atoms with Gasteiger partial charge in [-0.1, -0.05) is 24.3 Å². The predicted octanol–water partition coefficient (Wildman–Crippen LogP) is 1.82. The molecule has 0 aliphatic carbocycles. The second kappa shape index (κ2) is 4.17. The Hall–Kier alpha value is -2.20. The van der Waals surface area contributed by atoms with Crippen LogP contribution in [-0.2, 0) is 0 Å². The van der Waals surface area contributed by atoms with Gasteiger partial charge in [-0.15, -0.1) is 0 Å². The molecule has 0 bridgehead atoms. The summed E-state index contributed by atoms with van der Waals surface area (Å²) >= 11 is 0. The van der Waals surface area contributed by atoms with Crippen molar-refractivity contribution in [2.24, 2.45) is 0 Å². The van der Waals surface area contributed by atoms with Crippen molar-refractivity contribution in [1.82, 2.24) is 4.90 Å². The topological polar surface area (TPSA) is 57.6 Å². The Morgan fingerprint density at radius 3 is 1.95 bits per heavy atom. The highest BCUT2D eigenvalue weighted by molar-refractivity contribution is 6.23. The normalized spacial score (nSPS) is 16.0. The number of nitrogens with zero attached hydrogens (tertiary/aromatic N) is 1. The third-order valence-corrected chi connectivity index (χ3v) is 3.28. The van der Waals surface area contributed by atoms with Crippen molar-refractivity contribution in [1.29, 1.82) is 0 Å². The maximum absolute atomic E-state index is 12.2. The maximum Gasteiger partial charge on any atom is 0.261 e. The number of β-amino-alcohol motifs (C(OH)–C–C–N with tert-alkyl or cyclic N) is 1. The molecule has 4 heteroatoms. The monoisotopic (exact) mass is 255 g/mol. The van der Waals surface area contributed by atoms with E-state index in [1.54, 1.807) is 19.1 Å². The largest absolute Gasteiger partial charge is 0.392 e. The van der Waals surface area contributed by atoms with E-state index in [0.717, 1.165) is 15.7 Å². The fourth-order valence-corrected chi connectivity index (χ4v) is 2.41. The molecule has 4 nitrogen and oxygen atoms in total. The molecular weight excluding hydrogens is 242 g/mol. The molecule has 0 aromatic heterocycles. The van der Waals surface area contributed by atoms with Crippen LogP contribution in [0.5, 0.6) is 0 Å². The molecule has 1 atom stereocenters. The molecule has 96 valence electrons. The van der Waals surface area contributed by atoms with Crippen LogP contribution in [0.4, 0.5) is 0 Å². The summed E-state index contributed by atoms with van der Waals surface area (Å²) in [6, 6.07) is 11.1. The number of amides is 2. The Kier molecular flexibility index (Phi) is 2.61. The Balaban J connectivity index is 2.14. The van der Waals surface area contributed by atoms with Crippen LogP contribution in [0.1, 0.15) is 27.6 Å². The van der Waals surface area contributed by atoms with Gasteiger partial charge in [-0.2, -0.15) is 0 Å². The number of aliphatic hydroxyl groups is 1. The number of carbonyl (C=O) groups is 2. The molecule has 0 spiro atoms. The summed E-state index contributed by atoms with van der Waals surface area (Å²) in [6.07, 6.45) is -0.725. The molecule has 0 saturated heterocycles. The van der Waals surface area contributed by atoms with Crippen LogP contribution in [0.2, 0.25) is 0 Å². The number of rotatable bonds is 2. The van der Waals surface area contributed by atoms with E-state index in [0.29, 0.717) is 11.1 Å². The first-order chi connectivity index (χ1) is 9.08. The molecule has 2 aromatic rings. The lowest BCUT2D eigenvalue weighted by atomic mass is 10.0. The lowest BCUT2D eigenvalue weighted by molar-refractivity contribution is 0.0563. The van der Waals surface area contributed by atoms with Crippen LogP contribution >= 0.6 is 0 Å². The first-order valence-corrected chi connectivity index (χ1v) is 6.15. The second-order valence-electron chi connectivity index (χ2n) is 4.81. The summed E-state index contributed by atoms with van der Waals surface area (Å²) in [5, 5.41) is 11.2. The van der Waals surface area contributed by atoms with E-state index in [1.807, 2.05) is 24.3 Å². The van der Waals surface area contributed by atoms with E-state index in [2.05, 4.69) is 0 Å². The van der Waals surface area contributed by atoms with Gasteiger partial charge in [-0.05, 0) is 29.8 Å². The van der Waals surface area contributed by atoms with Crippen molar-refractivity contribution in [2.45, 2.75) is 13.0 Å². The highest BCUT2D eigenvalue weighted by atomic mass is 16.3. The summed E-state index contributed by atoms with van der Waals surface area (Å²) < 4.78 is 0. The van der Waals surface area contributed by atoms with Gasteiger partial charge >= 0.3 is 0 Å². The molecule has 1 aliphatic rings. The van der Waals surface area contributed by atoms with Gasteiger partial charge < -0.3 is 5.11 Å². The molecule has 2 aromatic carbocycles. The SMILES string of the molecule is CC(O)CN1C(=O)c2cc3ccccc3cc2C1=O. The Morgan fingerprint density at radius 2 is 1.53 bits per heavy atom. The number of imide groups is 1. The molecule has 19 heavy (non-hydrogen) atoms. The summed E-state index contributed by atoms with van der Waals surface area (Å²) in [4.78, 5) is 25.5. The molecule has 3 rings (SSSR count). The zero-order chi connectivity index (χ0) is 13.6. The van der Waals surface area contributed by atoms with Crippen LogP contribution in [0.15, 0.2) is 36.4 Å². The second-order valence-corrected chi connectivity index (χ2v) is 4.81. The standard InChI is InChI=1S/C15H13NO3/c1-9(17)8-16-14(18)12-6-10-4-2-3-5-11(10)7-13(12)15(16)19/h2-7,9,17H,8H2,1H3. The van der Waals surface area contributed by atoms with Crippen molar-refractivity contribution >= 4 is 22.6 Å². The van der Waals surface area contributed by atoms with Crippen LogP contribution in [0, 0.1) is 0 Å². The Morgan fingerprint density at radius 1 is 1.05 bits per heavy atom. The third kappa shape index (κ3) is 1.81. The zero-order valence-corrected chi connectivity index (χ0v) is 10.5. The number of benzene rings is 2. The highest BCUT2D eigenvalue weighted by Gasteiger charge is 2.36. The van der Waals surface area contributed by atoms with Crippen molar-refractivity contribution in [3.8, 4) is 0 Å². The number of fused-ring (bicyclic) bond motifs is 2. The quantitative estimate of drug-likeness (QED) is 0.833. The average Bonchev–Trinajstić information content (AvgIpc) is 2.61. The number of hydrogen-bond acceptors (Lipinski definition) is 3. The van der Waals surface area contributed by atoms with Gasteiger partial charge in [0.15, 0.2) is 0 Å². The molecule has 0 fully saturated rings. The van der Waals surface area contributed by atoms with Gasteiger partial charge in [0.05, 0.1) is 23.8 Å². The molecular formula is C15H13NO3. The van der Waals surface area contributed by atoms with E-state index >= 15 is 0 Å². The van der Waals surface area contributed by atoms with Gasteiger partial charge in [0, 0.05) is 0 Å². The van der Waals surface area contributed by atoms with Gasteiger partial charge in [-0.25, -0.2) is 0 Å². The fraction of sp³-hybridized carbons (Fsp3) is 0.200. The number of aliphatic hydroxyl groups excluding tert-OH is 1. The summed E-state index contributed by atoms with van der Waals surface area (Å²) in [6.45, 7) is 1.59. The minimum atomic E-state index is -0.725. The highest BCUT2D eigenvalue weighted by Crippen LogP contribution is 2.27. The summed E-state index contributed by atoms with van der Waals surface area (Å²) in [5.74, 6) is -0.654. The van der Waals surface area contributed by atoms with Crippen molar-refractivity contribution in [3.05, 3.63) is 47.5 Å². The van der Waals surface area contributed by atoms with Crippen LogP contribution in [-0.4, -0.2) is 34.5 Å². The van der Waals surface area contributed by atoms with Gasteiger partial charge in [0.1, 0.15) is 0 Å². The summed E-state index contributed by atoms with van der Waals surface area (Å²) in [7, 11) is 0. The van der Waals surface area contributed by atoms with Crippen molar-refractivity contribution in [3.63, 3.8) is 0 Å². The van der Waals surface area contributed by atoms with Crippen molar-refractivity contribution in [2.75, 3.05) is 6.54 Å². The number of carbonyl (C=O) groups excluding carboxylic acids is 2. The zero-order valence-electron chi connectivity index (χ0n) is 10.5. The smallest absolute Gasteiger partial charge is 0.261 e. The van der Waals surface area contributed by atoms with E-state index in [4.69, 9.17) is 0 Å². The molecule has 1 unspecified atom stereocenters. The minimum Gasteiger partial charge on any atom is -0.392 e. The van der Waals surface area contributed by atoms with E-state index in [1.165, 1.54) is 0 Å². The molecule has 0 saturated carbocycles. The molecule has 2 amide bonds. The van der Waals surface area contributed by atoms with Crippen LogP contribution < -0.4 is 0 Å². The van der Waals surface area contributed by atoms with E-state index < -0.39 is 6.10 Å². The molecule has 0 radical (unpaired) electrons. The first-order valence-electron chi connectivity index (χ1n) is 6.15. The Labute approximate surface area is 110 Å². The van der Waals surface area contributed by atoms with Crippen LogP contribution in [0.3, 0.4) is 0 Å². The fourth-order valence-electron chi connectivity index (χ4n) is 2.41. The summed E-state index contributed by atoms with van der Waals surface area (Å²) in [5.41, 5.74) is 0.841. The first kappa shape index (κ1) is 11.9. The lowest BCUT2D eigenvalue weighted by Gasteiger charge is -2.15. The van der Waals surface area contributed by atoms with Crippen molar-refractivity contribution < 1.29 is 14.7 Å². The van der Waals surface area contributed by atoms with Crippen LogP contribution in [0.25, 0.3) is 10.8 Å². The van der Waals surface area contributed by atoms with Gasteiger partial charge in [0.25, 0.3) is 11.8 Å². The Bertz CT molecular complexity index is 636. The lowest BCUT2D eigenvalue weighted by Crippen LogP contribution is -2.35. The van der Waals surface area contributed by atoms with E-state index in [-0.39, 0.29) is 18.4 Å². The molecule has 1 aliphatic heterocycles. The predicted molar refractivity (Wildman–Crippen MR) is 71.0 cm³/mol. The molecule has 1 N–H and O–H groups in total. The van der Waals surface area contributed by atoms with E-state index in [9.17, 15) is 14.7 Å². The van der Waals surface area contributed by atoms with Gasteiger partial charge in [-0.3, -0.25) is 14.5 Å². The molecule has 1 heterocycles. The maximum atomic E-state index is 12.2. The van der Waals surface area contributed by atoms with Gasteiger partial charge in [0.2, 0.25) is 0 Å². The third-order valence-electron chi connectivity index (χ3n) is 3.28. The number of hydrogen-bond donors (Lipinski definition) is 1. The minimum absolute atomic E-state index is 0.0304. The average molecular weight is 255 g/mol.